The Hall–Kier alpha value is -3.97. The van der Waals surface area contributed by atoms with Crippen molar-refractivity contribution in [1.82, 2.24) is 9.55 Å². The predicted octanol–water partition coefficient (Wildman–Crippen LogP) is 4.31. The van der Waals surface area contributed by atoms with Gasteiger partial charge in [-0.05, 0) is 42.5 Å². The number of nitrogens with one attached hydrogen (secondary N) is 2. The molecule has 2 N–H and O–H groups in total. The van der Waals surface area contributed by atoms with Crippen LogP contribution < -0.4 is 16.2 Å². The van der Waals surface area contributed by atoms with E-state index in [0.29, 0.717) is 33.0 Å². The Labute approximate surface area is 188 Å². The SMILES string of the molecule is CC(=O)Nc1ccccc1-c1nc2ccccc2n(CC(=O)Nc2ccc(Cl)cc2)c1=O. The lowest BCUT2D eigenvalue weighted by Gasteiger charge is -2.14. The molecule has 0 fully saturated rings. The number of benzene rings is 3. The van der Waals surface area contributed by atoms with Crippen LogP contribution in [0.4, 0.5) is 11.4 Å². The van der Waals surface area contributed by atoms with E-state index in [-0.39, 0.29) is 24.1 Å². The summed E-state index contributed by atoms with van der Waals surface area (Å²) in [5, 5.41) is 6.06. The van der Waals surface area contributed by atoms with Crippen molar-refractivity contribution < 1.29 is 9.59 Å². The van der Waals surface area contributed by atoms with Crippen molar-refractivity contribution in [3.63, 3.8) is 0 Å². The van der Waals surface area contributed by atoms with Crippen molar-refractivity contribution in [3.05, 3.63) is 88.2 Å². The van der Waals surface area contributed by atoms with E-state index in [9.17, 15) is 14.4 Å². The first-order valence-electron chi connectivity index (χ1n) is 9.84. The topological polar surface area (TPSA) is 93.1 Å². The standard InChI is InChI=1S/C24H19ClN4O3/c1-15(30)26-19-7-3-2-6-18(19)23-24(32)29(21-9-5-4-8-20(21)28-23)14-22(31)27-17-12-10-16(25)11-13-17/h2-13H,14H2,1H3,(H,26,30)(H,27,31). The van der Waals surface area contributed by atoms with E-state index in [4.69, 9.17) is 11.6 Å². The summed E-state index contributed by atoms with van der Waals surface area (Å²) in [7, 11) is 0. The van der Waals surface area contributed by atoms with Gasteiger partial charge in [-0.2, -0.15) is 0 Å². The molecule has 4 rings (SSSR count). The first-order chi connectivity index (χ1) is 15.4. The van der Waals surface area contributed by atoms with Crippen molar-refractivity contribution >= 4 is 45.8 Å². The molecule has 0 spiro atoms. The Morgan fingerprint density at radius 1 is 0.938 bits per heavy atom. The number of carbonyl (C=O) groups excluding carboxylic acids is 2. The molecule has 0 saturated carbocycles. The fourth-order valence-electron chi connectivity index (χ4n) is 3.39. The van der Waals surface area contributed by atoms with Gasteiger partial charge >= 0.3 is 0 Å². The number of rotatable bonds is 5. The summed E-state index contributed by atoms with van der Waals surface area (Å²) in [4.78, 5) is 42.4. The zero-order valence-electron chi connectivity index (χ0n) is 17.1. The number of para-hydroxylation sites is 3. The lowest BCUT2D eigenvalue weighted by atomic mass is 10.1. The van der Waals surface area contributed by atoms with Crippen molar-refractivity contribution in [2.75, 3.05) is 10.6 Å². The molecule has 0 radical (unpaired) electrons. The van der Waals surface area contributed by atoms with Gasteiger partial charge in [0.1, 0.15) is 12.2 Å². The second-order valence-corrected chi connectivity index (χ2v) is 7.56. The molecule has 0 saturated heterocycles. The van der Waals surface area contributed by atoms with Crippen molar-refractivity contribution in [1.29, 1.82) is 0 Å². The highest BCUT2D eigenvalue weighted by Gasteiger charge is 2.17. The molecule has 0 aliphatic rings. The second kappa shape index (κ2) is 9.03. The van der Waals surface area contributed by atoms with Crippen LogP contribution in [0, 0.1) is 0 Å². The van der Waals surface area contributed by atoms with Gasteiger partial charge in [0.05, 0.1) is 16.7 Å². The average Bonchev–Trinajstić information content (AvgIpc) is 2.77. The van der Waals surface area contributed by atoms with Gasteiger partial charge in [-0.25, -0.2) is 4.98 Å². The van der Waals surface area contributed by atoms with E-state index in [1.807, 2.05) is 0 Å². The quantitative estimate of drug-likeness (QED) is 0.477. The van der Waals surface area contributed by atoms with Crippen LogP contribution in [0.1, 0.15) is 6.92 Å². The van der Waals surface area contributed by atoms with Gasteiger partial charge in [0.15, 0.2) is 0 Å². The predicted molar refractivity (Wildman–Crippen MR) is 126 cm³/mol. The summed E-state index contributed by atoms with van der Waals surface area (Å²) in [6, 6.07) is 20.7. The molecule has 0 bridgehead atoms. The summed E-state index contributed by atoms with van der Waals surface area (Å²) in [5.41, 5.74) is 2.31. The van der Waals surface area contributed by atoms with Crippen molar-refractivity contribution in [3.8, 4) is 11.3 Å². The highest BCUT2D eigenvalue weighted by molar-refractivity contribution is 6.30. The molecule has 2 amide bonds. The number of carbonyl (C=O) groups is 2. The zero-order valence-corrected chi connectivity index (χ0v) is 17.9. The zero-order chi connectivity index (χ0) is 22.7. The van der Waals surface area contributed by atoms with E-state index in [2.05, 4.69) is 15.6 Å². The van der Waals surface area contributed by atoms with Gasteiger partial charge < -0.3 is 10.6 Å². The van der Waals surface area contributed by atoms with E-state index >= 15 is 0 Å². The van der Waals surface area contributed by atoms with Crippen LogP contribution in [-0.2, 0) is 16.1 Å². The van der Waals surface area contributed by atoms with E-state index in [0.717, 1.165) is 0 Å². The third-order valence-electron chi connectivity index (χ3n) is 4.78. The van der Waals surface area contributed by atoms with Gasteiger partial charge in [0.25, 0.3) is 5.56 Å². The maximum atomic E-state index is 13.4. The molecular weight excluding hydrogens is 428 g/mol. The molecular formula is C24H19ClN4O3. The maximum absolute atomic E-state index is 13.4. The van der Waals surface area contributed by atoms with Crippen molar-refractivity contribution in [2.24, 2.45) is 0 Å². The van der Waals surface area contributed by atoms with Gasteiger partial charge in [-0.1, -0.05) is 41.9 Å². The number of hydrogen-bond donors (Lipinski definition) is 2. The van der Waals surface area contributed by atoms with E-state index in [1.165, 1.54) is 11.5 Å². The molecule has 8 heteroatoms. The molecule has 0 atom stereocenters. The minimum Gasteiger partial charge on any atom is -0.326 e. The van der Waals surface area contributed by atoms with E-state index in [1.54, 1.807) is 72.8 Å². The highest BCUT2D eigenvalue weighted by Crippen LogP contribution is 2.25. The number of hydrogen-bond acceptors (Lipinski definition) is 4. The lowest BCUT2D eigenvalue weighted by Crippen LogP contribution is -2.30. The Balaban J connectivity index is 1.79. The van der Waals surface area contributed by atoms with Gasteiger partial charge in [0, 0.05) is 23.2 Å². The molecule has 0 aliphatic heterocycles. The first-order valence-corrected chi connectivity index (χ1v) is 10.2. The van der Waals surface area contributed by atoms with Gasteiger partial charge in [-0.3, -0.25) is 19.0 Å². The number of aromatic nitrogens is 2. The molecule has 4 aromatic rings. The number of halogens is 1. The first kappa shape index (κ1) is 21.3. The van der Waals surface area contributed by atoms with E-state index < -0.39 is 5.56 Å². The summed E-state index contributed by atoms with van der Waals surface area (Å²) in [6.45, 7) is 1.18. The number of amides is 2. The summed E-state index contributed by atoms with van der Waals surface area (Å²) in [5.74, 6) is -0.632. The molecule has 32 heavy (non-hydrogen) atoms. The third-order valence-corrected chi connectivity index (χ3v) is 5.03. The number of nitrogens with zero attached hydrogens (tertiary/aromatic N) is 2. The van der Waals surface area contributed by atoms with Gasteiger partial charge in [0.2, 0.25) is 11.8 Å². The Bertz CT molecular complexity index is 1380. The van der Waals surface area contributed by atoms with Crippen LogP contribution in [0.25, 0.3) is 22.3 Å². The summed E-state index contributed by atoms with van der Waals surface area (Å²) in [6.07, 6.45) is 0. The fraction of sp³-hybridized carbons (Fsp3) is 0.0833. The minimum absolute atomic E-state index is 0.146. The molecule has 0 aliphatic carbocycles. The van der Waals surface area contributed by atoms with Crippen LogP contribution in [0.2, 0.25) is 5.02 Å². The summed E-state index contributed by atoms with van der Waals surface area (Å²) < 4.78 is 1.38. The lowest BCUT2D eigenvalue weighted by molar-refractivity contribution is -0.117. The van der Waals surface area contributed by atoms with Crippen LogP contribution in [0.3, 0.4) is 0 Å². The smallest absolute Gasteiger partial charge is 0.278 e. The highest BCUT2D eigenvalue weighted by atomic mass is 35.5. The normalized spacial score (nSPS) is 10.7. The maximum Gasteiger partial charge on any atom is 0.278 e. The monoisotopic (exact) mass is 446 g/mol. The van der Waals surface area contributed by atoms with Gasteiger partial charge in [-0.15, -0.1) is 0 Å². The summed E-state index contributed by atoms with van der Waals surface area (Å²) >= 11 is 5.89. The van der Waals surface area contributed by atoms with Crippen molar-refractivity contribution in [2.45, 2.75) is 13.5 Å². The molecule has 7 nitrogen and oxygen atoms in total. The fourth-order valence-corrected chi connectivity index (χ4v) is 3.52. The second-order valence-electron chi connectivity index (χ2n) is 7.12. The molecule has 1 heterocycles. The average molecular weight is 447 g/mol. The largest absolute Gasteiger partial charge is 0.326 e. The van der Waals surface area contributed by atoms with Crippen LogP contribution in [0.15, 0.2) is 77.6 Å². The number of fused-ring (bicyclic) bond motifs is 1. The molecule has 160 valence electrons. The third kappa shape index (κ3) is 4.53. The van der Waals surface area contributed by atoms with Crippen LogP contribution in [-0.4, -0.2) is 21.4 Å². The molecule has 0 unspecified atom stereocenters. The Morgan fingerprint density at radius 3 is 2.38 bits per heavy atom. The molecule has 3 aromatic carbocycles. The Morgan fingerprint density at radius 2 is 1.62 bits per heavy atom. The minimum atomic E-state index is -0.437. The molecule has 1 aromatic heterocycles. The number of anilines is 2. The van der Waals surface area contributed by atoms with Crippen LogP contribution in [0.5, 0.6) is 0 Å². The Kier molecular flexibility index (Phi) is 6.00. The van der Waals surface area contributed by atoms with Crippen LogP contribution >= 0.6 is 11.6 Å².